The molecule has 1 fully saturated rings. The summed E-state index contributed by atoms with van der Waals surface area (Å²) in [6, 6.07) is 10.9. The molecule has 0 bridgehead atoms. The van der Waals surface area contributed by atoms with Gasteiger partial charge in [-0.05, 0) is 41.5 Å². The Balaban J connectivity index is 1.85. The van der Waals surface area contributed by atoms with Gasteiger partial charge in [0.1, 0.15) is 5.82 Å². The molecule has 27 heavy (non-hydrogen) atoms. The Bertz CT molecular complexity index is 876. The third-order valence-electron chi connectivity index (χ3n) is 4.28. The number of nitriles is 1. The van der Waals surface area contributed by atoms with Crippen molar-refractivity contribution >= 4 is 17.3 Å². The molecule has 1 heterocycles. The van der Waals surface area contributed by atoms with Crippen molar-refractivity contribution in [2.75, 3.05) is 31.2 Å². The molecule has 0 spiro atoms. The average molecular weight is 376 g/mol. The Labute approximate surface area is 154 Å². The molecule has 0 N–H and O–H groups in total. The van der Waals surface area contributed by atoms with Crippen LogP contribution in [0.3, 0.4) is 0 Å². The molecule has 1 aliphatic rings. The maximum Gasteiger partial charge on any atom is 0.416 e. The molecule has 0 aromatic heterocycles. The number of halogens is 4. The predicted molar refractivity (Wildman–Crippen MR) is 94.4 cm³/mol. The highest BCUT2D eigenvalue weighted by Gasteiger charge is 2.30. The molecule has 0 atom stereocenters. The van der Waals surface area contributed by atoms with E-state index in [4.69, 9.17) is 4.74 Å². The van der Waals surface area contributed by atoms with Crippen molar-refractivity contribution in [3.8, 4) is 6.07 Å². The summed E-state index contributed by atoms with van der Waals surface area (Å²) in [6.45, 7) is 2.27. The number of anilines is 1. The van der Waals surface area contributed by atoms with Gasteiger partial charge in [0.05, 0.1) is 36.1 Å². The van der Waals surface area contributed by atoms with E-state index in [2.05, 4.69) is 0 Å². The highest BCUT2D eigenvalue weighted by Crippen LogP contribution is 2.30. The van der Waals surface area contributed by atoms with Crippen molar-refractivity contribution in [3.63, 3.8) is 0 Å². The van der Waals surface area contributed by atoms with Gasteiger partial charge in [-0.15, -0.1) is 0 Å². The molecule has 140 valence electrons. The minimum absolute atomic E-state index is 0.155. The zero-order chi connectivity index (χ0) is 19.4. The molecule has 7 heteroatoms. The summed E-state index contributed by atoms with van der Waals surface area (Å²) in [7, 11) is 0. The number of hydrogen-bond acceptors (Lipinski definition) is 3. The quantitative estimate of drug-likeness (QED) is 0.441. The third kappa shape index (κ3) is 4.47. The van der Waals surface area contributed by atoms with Crippen LogP contribution in [0.25, 0.3) is 11.6 Å². The van der Waals surface area contributed by atoms with E-state index in [0.29, 0.717) is 43.1 Å². The zero-order valence-electron chi connectivity index (χ0n) is 14.3. The van der Waals surface area contributed by atoms with Gasteiger partial charge >= 0.3 is 6.18 Å². The van der Waals surface area contributed by atoms with Gasteiger partial charge in [-0.3, -0.25) is 0 Å². The van der Waals surface area contributed by atoms with E-state index in [1.165, 1.54) is 24.3 Å². The average Bonchev–Trinajstić information content (AvgIpc) is 2.66. The molecule has 1 saturated heterocycles. The second-order valence-electron chi connectivity index (χ2n) is 6.06. The third-order valence-corrected chi connectivity index (χ3v) is 4.28. The first-order chi connectivity index (χ1) is 12.9. The summed E-state index contributed by atoms with van der Waals surface area (Å²) in [5, 5.41) is 9.34. The van der Waals surface area contributed by atoms with Crippen molar-refractivity contribution < 1.29 is 22.3 Å². The Kier molecular flexibility index (Phi) is 5.47. The van der Waals surface area contributed by atoms with Crippen LogP contribution in [0, 0.1) is 17.1 Å². The number of alkyl halides is 3. The van der Waals surface area contributed by atoms with Gasteiger partial charge in [-0.1, -0.05) is 18.2 Å². The normalized spacial score (nSPS) is 15.5. The number of hydrogen-bond donors (Lipinski definition) is 0. The van der Waals surface area contributed by atoms with Crippen LogP contribution >= 0.6 is 0 Å². The molecule has 1 aliphatic heterocycles. The summed E-state index contributed by atoms with van der Waals surface area (Å²) >= 11 is 0. The summed E-state index contributed by atoms with van der Waals surface area (Å²) in [5.41, 5.74) is 0.624. The van der Waals surface area contributed by atoms with Crippen molar-refractivity contribution in [2.45, 2.75) is 6.18 Å². The maximum atomic E-state index is 14.5. The molecule has 0 radical (unpaired) electrons. The molecular formula is C20H16F4N2O. The van der Waals surface area contributed by atoms with E-state index in [0.717, 1.165) is 12.1 Å². The van der Waals surface area contributed by atoms with E-state index in [9.17, 15) is 22.8 Å². The predicted octanol–water partition coefficient (Wildman–Crippen LogP) is 4.75. The van der Waals surface area contributed by atoms with Gasteiger partial charge < -0.3 is 9.64 Å². The highest BCUT2D eigenvalue weighted by atomic mass is 19.4. The fraction of sp³-hybridized carbons (Fsp3) is 0.250. The molecule has 2 aromatic rings. The Morgan fingerprint density at radius 2 is 1.74 bits per heavy atom. The van der Waals surface area contributed by atoms with Gasteiger partial charge in [0, 0.05) is 13.1 Å². The van der Waals surface area contributed by atoms with E-state index in [1.54, 1.807) is 12.1 Å². The first-order valence-electron chi connectivity index (χ1n) is 8.30. The fourth-order valence-electron chi connectivity index (χ4n) is 2.86. The molecule has 2 aromatic carbocycles. The number of allylic oxidation sites excluding steroid dienone is 1. The van der Waals surface area contributed by atoms with E-state index in [1.807, 2.05) is 11.0 Å². The number of rotatable bonds is 3. The van der Waals surface area contributed by atoms with E-state index < -0.39 is 17.6 Å². The Morgan fingerprint density at radius 1 is 1.07 bits per heavy atom. The van der Waals surface area contributed by atoms with Gasteiger partial charge in [0.2, 0.25) is 0 Å². The first-order valence-corrected chi connectivity index (χ1v) is 8.30. The molecule has 0 amide bonds. The Hall–Kier alpha value is -2.85. The van der Waals surface area contributed by atoms with Crippen LogP contribution in [-0.2, 0) is 10.9 Å². The van der Waals surface area contributed by atoms with Crippen molar-refractivity contribution in [1.82, 2.24) is 0 Å². The van der Waals surface area contributed by atoms with Crippen LogP contribution in [0.1, 0.15) is 16.7 Å². The number of nitrogens with zero attached hydrogens (tertiary/aromatic N) is 2. The highest BCUT2D eigenvalue weighted by molar-refractivity contribution is 5.89. The fourth-order valence-corrected chi connectivity index (χ4v) is 2.86. The molecule has 3 nitrogen and oxygen atoms in total. The van der Waals surface area contributed by atoms with Crippen LogP contribution < -0.4 is 4.90 Å². The lowest BCUT2D eigenvalue weighted by Gasteiger charge is -2.29. The molecule has 0 unspecified atom stereocenters. The molecule has 0 aliphatic carbocycles. The first kappa shape index (κ1) is 18.9. The van der Waals surface area contributed by atoms with Crippen LogP contribution in [0.5, 0.6) is 0 Å². The minimum Gasteiger partial charge on any atom is -0.378 e. The summed E-state index contributed by atoms with van der Waals surface area (Å²) in [4.78, 5) is 1.88. The topological polar surface area (TPSA) is 36.3 Å². The molecule has 0 saturated carbocycles. The monoisotopic (exact) mass is 376 g/mol. The van der Waals surface area contributed by atoms with Crippen LogP contribution in [0.2, 0.25) is 0 Å². The zero-order valence-corrected chi connectivity index (χ0v) is 14.3. The molecular weight excluding hydrogens is 360 g/mol. The van der Waals surface area contributed by atoms with Crippen molar-refractivity contribution in [2.24, 2.45) is 0 Å². The standard InChI is InChI=1S/C20H16F4N2O/c21-18-12-14(1-6-19(18)26-7-9-27-10-8-26)11-16(13-25)15-2-4-17(5-3-15)20(22,23)24/h1-6,11-12H,7-10H2/b16-11-. The van der Waals surface area contributed by atoms with Crippen molar-refractivity contribution in [1.29, 1.82) is 5.26 Å². The minimum atomic E-state index is -4.44. The van der Waals surface area contributed by atoms with Crippen molar-refractivity contribution in [3.05, 3.63) is 65.0 Å². The maximum absolute atomic E-state index is 14.5. The van der Waals surface area contributed by atoms with Gasteiger partial charge in [-0.25, -0.2) is 4.39 Å². The number of morpholine rings is 1. The lowest BCUT2D eigenvalue weighted by Crippen LogP contribution is -2.36. The number of ether oxygens (including phenoxy) is 1. The van der Waals surface area contributed by atoms with Crippen LogP contribution in [0.4, 0.5) is 23.2 Å². The second-order valence-corrected chi connectivity index (χ2v) is 6.06. The second kappa shape index (κ2) is 7.80. The smallest absolute Gasteiger partial charge is 0.378 e. The Morgan fingerprint density at radius 3 is 2.30 bits per heavy atom. The lowest BCUT2D eigenvalue weighted by molar-refractivity contribution is -0.137. The lowest BCUT2D eigenvalue weighted by atomic mass is 10.0. The van der Waals surface area contributed by atoms with Gasteiger partial charge in [0.25, 0.3) is 0 Å². The number of benzene rings is 2. The van der Waals surface area contributed by atoms with E-state index >= 15 is 0 Å². The summed E-state index contributed by atoms with van der Waals surface area (Å²) < 4.78 is 57.7. The van der Waals surface area contributed by atoms with Crippen LogP contribution in [-0.4, -0.2) is 26.3 Å². The SMILES string of the molecule is N#C/C(=C/c1ccc(N2CCOCC2)c(F)c1)c1ccc(C(F)(F)F)cc1. The van der Waals surface area contributed by atoms with Gasteiger partial charge in [-0.2, -0.15) is 18.4 Å². The van der Waals surface area contributed by atoms with Crippen LogP contribution in [0.15, 0.2) is 42.5 Å². The van der Waals surface area contributed by atoms with E-state index in [-0.39, 0.29) is 5.57 Å². The molecule has 3 rings (SSSR count). The largest absolute Gasteiger partial charge is 0.416 e. The summed E-state index contributed by atoms with van der Waals surface area (Å²) in [5.74, 6) is -0.421. The summed E-state index contributed by atoms with van der Waals surface area (Å²) in [6.07, 6.45) is -2.98. The van der Waals surface area contributed by atoms with Gasteiger partial charge in [0.15, 0.2) is 0 Å².